The molecule has 0 bridgehead atoms. The number of nitrogens with two attached hydrogens (primary N) is 1. The summed E-state index contributed by atoms with van der Waals surface area (Å²) in [5.41, 5.74) is 5.61. The minimum atomic E-state index is -0.239. The number of nitrogens with one attached hydrogen (secondary N) is 1. The maximum atomic E-state index is 11.9. The van der Waals surface area contributed by atoms with Gasteiger partial charge in [0.15, 0.2) is 5.65 Å². The number of carbonyl (C=O) groups is 1. The van der Waals surface area contributed by atoms with Gasteiger partial charge in [0.25, 0.3) is 0 Å². The van der Waals surface area contributed by atoms with Crippen molar-refractivity contribution in [3.05, 3.63) is 34.9 Å². The fraction of sp³-hybridized carbons (Fsp3) is 0.364. The van der Waals surface area contributed by atoms with E-state index in [4.69, 9.17) is 5.73 Å². The van der Waals surface area contributed by atoms with Crippen LogP contribution in [-0.2, 0) is 11.3 Å². The van der Waals surface area contributed by atoms with Crippen LogP contribution in [-0.4, -0.2) is 33.2 Å². The highest BCUT2D eigenvalue weighted by molar-refractivity contribution is 5.75. The third-order valence-corrected chi connectivity index (χ3v) is 2.51. The second-order valence-corrected chi connectivity index (χ2v) is 3.82. The molecule has 0 unspecified atom stereocenters. The zero-order chi connectivity index (χ0) is 13.0. The number of pyridine rings is 1. The van der Waals surface area contributed by atoms with E-state index >= 15 is 0 Å². The third kappa shape index (κ3) is 2.57. The summed E-state index contributed by atoms with van der Waals surface area (Å²) in [6.07, 6.45) is 1.86. The van der Waals surface area contributed by atoms with Gasteiger partial charge in [0.05, 0.1) is 6.54 Å². The summed E-state index contributed by atoms with van der Waals surface area (Å²) in [4.78, 5) is 23.3. The summed E-state index contributed by atoms with van der Waals surface area (Å²) in [5, 5.41) is 6.77. The van der Waals surface area contributed by atoms with E-state index in [2.05, 4.69) is 10.4 Å². The molecule has 0 fully saturated rings. The molecule has 0 atom stereocenters. The van der Waals surface area contributed by atoms with Gasteiger partial charge in [-0.05, 0) is 12.1 Å². The fourth-order valence-corrected chi connectivity index (χ4v) is 1.62. The Labute approximate surface area is 103 Å². The van der Waals surface area contributed by atoms with Gasteiger partial charge < -0.3 is 11.1 Å². The molecule has 2 aromatic rings. The Morgan fingerprint density at radius 3 is 3.00 bits per heavy atom. The summed E-state index contributed by atoms with van der Waals surface area (Å²) in [6, 6.07) is 5.31. The largest absolute Gasteiger partial charge is 0.355 e. The van der Waals surface area contributed by atoms with Crippen molar-refractivity contribution in [3.63, 3.8) is 0 Å². The van der Waals surface area contributed by atoms with E-state index in [1.165, 1.54) is 9.08 Å². The molecule has 0 aliphatic rings. The van der Waals surface area contributed by atoms with Crippen LogP contribution >= 0.6 is 0 Å². The van der Waals surface area contributed by atoms with Crippen molar-refractivity contribution in [1.82, 2.24) is 19.5 Å². The Morgan fingerprint density at radius 2 is 2.28 bits per heavy atom. The molecule has 18 heavy (non-hydrogen) atoms. The first-order valence-electron chi connectivity index (χ1n) is 5.73. The van der Waals surface area contributed by atoms with Gasteiger partial charge in [-0.25, -0.2) is 9.48 Å². The highest BCUT2D eigenvalue weighted by Crippen LogP contribution is 1.95. The first-order valence-corrected chi connectivity index (χ1v) is 5.73. The molecular formula is C11H15N5O2. The smallest absolute Gasteiger partial charge is 0.350 e. The summed E-state index contributed by atoms with van der Waals surface area (Å²) in [7, 11) is 0. The van der Waals surface area contributed by atoms with Crippen molar-refractivity contribution in [1.29, 1.82) is 0 Å². The topological polar surface area (TPSA) is 94.4 Å². The minimum absolute atomic E-state index is 0.135. The summed E-state index contributed by atoms with van der Waals surface area (Å²) < 4.78 is 2.73. The van der Waals surface area contributed by atoms with Gasteiger partial charge in [0.2, 0.25) is 5.91 Å². The van der Waals surface area contributed by atoms with Crippen molar-refractivity contribution < 1.29 is 4.79 Å². The summed E-state index contributed by atoms with van der Waals surface area (Å²) in [5.74, 6) is -0.135. The van der Waals surface area contributed by atoms with Crippen molar-refractivity contribution >= 4 is 11.6 Å². The summed E-state index contributed by atoms with van der Waals surface area (Å²) >= 11 is 0. The molecule has 0 radical (unpaired) electrons. The molecule has 0 saturated carbocycles. The maximum absolute atomic E-state index is 11.9. The SMILES string of the molecule is NCCNC(=O)CCn1nc2ccccn2c1=O. The second-order valence-electron chi connectivity index (χ2n) is 3.82. The Kier molecular flexibility index (Phi) is 3.73. The average molecular weight is 249 g/mol. The van der Waals surface area contributed by atoms with Crippen LogP contribution in [0.2, 0.25) is 0 Å². The van der Waals surface area contributed by atoms with E-state index in [0.717, 1.165) is 0 Å². The van der Waals surface area contributed by atoms with E-state index < -0.39 is 0 Å². The quantitative estimate of drug-likeness (QED) is 0.707. The Balaban J connectivity index is 2.06. The molecule has 2 rings (SSSR count). The molecule has 0 aromatic carbocycles. The molecule has 7 nitrogen and oxygen atoms in total. The number of fused-ring (bicyclic) bond motifs is 1. The number of hydrogen-bond acceptors (Lipinski definition) is 4. The molecule has 0 aliphatic heterocycles. The van der Waals surface area contributed by atoms with Crippen LogP contribution in [0.4, 0.5) is 0 Å². The Hall–Kier alpha value is -2.15. The van der Waals surface area contributed by atoms with Crippen LogP contribution in [0.5, 0.6) is 0 Å². The minimum Gasteiger partial charge on any atom is -0.355 e. The first kappa shape index (κ1) is 12.3. The maximum Gasteiger partial charge on any atom is 0.350 e. The number of aromatic nitrogens is 3. The molecule has 0 spiro atoms. The Morgan fingerprint density at radius 1 is 1.44 bits per heavy atom. The van der Waals surface area contributed by atoms with Crippen molar-refractivity contribution in [2.75, 3.05) is 13.1 Å². The van der Waals surface area contributed by atoms with Gasteiger partial charge >= 0.3 is 5.69 Å². The number of amides is 1. The fourth-order valence-electron chi connectivity index (χ4n) is 1.62. The lowest BCUT2D eigenvalue weighted by Gasteiger charge is -2.02. The normalized spacial score (nSPS) is 10.7. The monoisotopic (exact) mass is 249 g/mol. The van der Waals surface area contributed by atoms with E-state index in [-0.39, 0.29) is 24.6 Å². The summed E-state index contributed by atoms with van der Waals surface area (Å²) in [6.45, 7) is 1.11. The standard InChI is InChI=1S/C11H15N5O2/c12-5-6-13-10(17)4-8-16-11(18)15-7-2-1-3-9(15)14-16/h1-3,7H,4-6,8,12H2,(H,13,17). The third-order valence-electron chi connectivity index (χ3n) is 2.51. The van der Waals surface area contributed by atoms with E-state index in [0.29, 0.717) is 18.7 Å². The van der Waals surface area contributed by atoms with Gasteiger partial charge in [-0.1, -0.05) is 6.07 Å². The second kappa shape index (κ2) is 5.46. The van der Waals surface area contributed by atoms with Crippen LogP contribution in [0.3, 0.4) is 0 Å². The average Bonchev–Trinajstić information content (AvgIpc) is 2.71. The molecule has 1 amide bonds. The van der Waals surface area contributed by atoms with Gasteiger partial charge in [-0.2, -0.15) is 0 Å². The zero-order valence-corrected chi connectivity index (χ0v) is 9.87. The van der Waals surface area contributed by atoms with Crippen LogP contribution in [0.25, 0.3) is 5.65 Å². The molecule has 2 aromatic heterocycles. The number of carbonyl (C=O) groups excluding carboxylic acids is 1. The number of aryl methyl sites for hydroxylation is 1. The highest BCUT2D eigenvalue weighted by atomic mass is 16.2. The molecule has 96 valence electrons. The molecule has 0 aliphatic carbocycles. The van der Waals surface area contributed by atoms with Crippen LogP contribution < -0.4 is 16.7 Å². The predicted octanol–water partition coefficient (Wildman–Crippen LogP) is -1.04. The highest BCUT2D eigenvalue weighted by Gasteiger charge is 2.07. The lowest BCUT2D eigenvalue weighted by atomic mass is 10.4. The molecule has 3 N–H and O–H groups in total. The molecular weight excluding hydrogens is 234 g/mol. The van der Waals surface area contributed by atoms with Crippen molar-refractivity contribution in [2.24, 2.45) is 5.73 Å². The molecule has 2 heterocycles. The van der Waals surface area contributed by atoms with Gasteiger partial charge in [0, 0.05) is 25.7 Å². The number of nitrogens with zero attached hydrogens (tertiary/aromatic N) is 3. The van der Waals surface area contributed by atoms with E-state index in [1.54, 1.807) is 24.4 Å². The molecule has 7 heteroatoms. The van der Waals surface area contributed by atoms with Crippen LogP contribution in [0, 0.1) is 0 Å². The molecule has 0 saturated heterocycles. The van der Waals surface area contributed by atoms with Gasteiger partial charge in [-0.15, -0.1) is 5.10 Å². The van der Waals surface area contributed by atoms with Crippen molar-refractivity contribution in [3.8, 4) is 0 Å². The van der Waals surface area contributed by atoms with Crippen LogP contribution in [0.15, 0.2) is 29.2 Å². The zero-order valence-electron chi connectivity index (χ0n) is 9.87. The van der Waals surface area contributed by atoms with Gasteiger partial charge in [-0.3, -0.25) is 9.20 Å². The van der Waals surface area contributed by atoms with Crippen LogP contribution in [0.1, 0.15) is 6.42 Å². The first-order chi connectivity index (χ1) is 8.72. The Bertz CT molecular complexity index is 601. The van der Waals surface area contributed by atoms with E-state index in [9.17, 15) is 9.59 Å². The number of rotatable bonds is 5. The van der Waals surface area contributed by atoms with E-state index in [1.807, 2.05) is 0 Å². The van der Waals surface area contributed by atoms with Crippen molar-refractivity contribution in [2.45, 2.75) is 13.0 Å². The van der Waals surface area contributed by atoms with Gasteiger partial charge in [0.1, 0.15) is 0 Å². The predicted molar refractivity (Wildman–Crippen MR) is 66.1 cm³/mol. The number of hydrogen-bond donors (Lipinski definition) is 2. The lowest BCUT2D eigenvalue weighted by molar-refractivity contribution is -0.121. The lowest BCUT2D eigenvalue weighted by Crippen LogP contribution is -2.31.